The van der Waals surface area contributed by atoms with Gasteiger partial charge < -0.3 is 29.9 Å². The van der Waals surface area contributed by atoms with Gasteiger partial charge in [0.25, 0.3) is 15.9 Å². The highest BCUT2D eigenvalue weighted by Crippen LogP contribution is 2.35. The molecule has 0 bridgehead atoms. The monoisotopic (exact) mass is 570 g/mol. The lowest BCUT2D eigenvalue weighted by Crippen LogP contribution is -2.50. The van der Waals surface area contributed by atoms with Gasteiger partial charge in [0.1, 0.15) is 6.10 Å². The average molecular weight is 571 g/mol. The number of ether oxygens (including phenoxy) is 1. The summed E-state index contributed by atoms with van der Waals surface area (Å²) in [7, 11) is -0.806. The number of carbonyl (C=O) groups is 2. The normalized spacial score (nSPS) is 18.4. The van der Waals surface area contributed by atoms with Crippen molar-refractivity contribution >= 4 is 33.3 Å². The van der Waals surface area contributed by atoms with Crippen molar-refractivity contribution < 1.29 is 27.9 Å². The van der Waals surface area contributed by atoms with Crippen LogP contribution < -0.4 is 15.4 Å². The van der Waals surface area contributed by atoms with E-state index >= 15 is 0 Å². The molecule has 0 aliphatic carbocycles. The Kier molecular flexibility index (Phi) is 8.76. The molecule has 1 aliphatic heterocycles. The number of anilines is 2. The summed E-state index contributed by atoms with van der Waals surface area (Å²) in [4.78, 5) is 32.0. The molecule has 2 heterocycles. The molecule has 1 aromatic heterocycles. The molecule has 3 aromatic rings. The number of aliphatic hydroxyl groups excluding tert-OH is 1. The van der Waals surface area contributed by atoms with Crippen LogP contribution in [0.5, 0.6) is 5.75 Å². The molecule has 1 aliphatic rings. The van der Waals surface area contributed by atoms with E-state index in [1.54, 1.807) is 65.9 Å². The van der Waals surface area contributed by atoms with Crippen LogP contribution in [0.3, 0.4) is 0 Å². The second-order valence-electron chi connectivity index (χ2n) is 9.91. The standard InChI is InChI=1S/C27H34N6O6S/c1-18-13-33(19(2)16-34)26(35)21-11-8-12-22(30-27(36)29-20-9-6-5-7-10-20)25(21)39-23(18)14-32(4)40(37,38)24-15-31(3)17-28-24/h5-12,15,17-19,23,34H,13-14,16H2,1-4H3,(H2,29,30,36)/t18-,19+,23-/m0/s1. The molecule has 0 radical (unpaired) electrons. The minimum atomic E-state index is -3.93. The van der Waals surface area contributed by atoms with Crippen LogP contribution in [0.15, 0.2) is 66.1 Å². The minimum Gasteiger partial charge on any atom is -0.486 e. The van der Waals surface area contributed by atoms with Gasteiger partial charge in [0.05, 0.1) is 36.8 Å². The van der Waals surface area contributed by atoms with Gasteiger partial charge in [-0.1, -0.05) is 31.2 Å². The number of benzene rings is 2. The Labute approximate surface area is 233 Å². The fourth-order valence-electron chi connectivity index (χ4n) is 4.40. The van der Waals surface area contributed by atoms with E-state index in [2.05, 4.69) is 15.6 Å². The number of aromatic nitrogens is 2. The zero-order valence-electron chi connectivity index (χ0n) is 22.8. The predicted octanol–water partition coefficient (Wildman–Crippen LogP) is 2.60. The van der Waals surface area contributed by atoms with Crippen molar-refractivity contribution in [3.63, 3.8) is 0 Å². The number of aryl methyl sites for hydroxylation is 1. The first-order chi connectivity index (χ1) is 19.0. The smallest absolute Gasteiger partial charge is 0.323 e. The second kappa shape index (κ2) is 12.1. The topological polar surface area (TPSA) is 146 Å². The third-order valence-electron chi connectivity index (χ3n) is 6.76. The number of likely N-dealkylation sites (N-methyl/N-ethyl adjacent to an activating group) is 1. The lowest BCUT2D eigenvalue weighted by molar-refractivity contribution is 0.0389. The van der Waals surface area contributed by atoms with Crippen molar-refractivity contribution in [2.75, 3.05) is 37.4 Å². The van der Waals surface area contributed by atoms with Crippen LogP contribution in [0, 0.1) is 5.92 Å². The Hall–Kier alpha value is -3.94. The molecule has 0 saturated carbocycles. The van der Waals surface area contributed by atoms with E-state index in [9.17, 15) is 23.1 Å². The van der Waals surface area contributed by atoms with Crippen molar-refractivity contribution in [2.24, 2.45) is 13.0 Å². The average Bonchev–Trinajstić information content (AvgIpc) is 3.38. The van der Waals surface area contributed by atoms with Gasteiger partial charge in [-0.2, -0.15) is 4.31 Å². The molecule has 0 fully saturated rings. The highest BCUT2D eigenvalue weighted by Gasteiger charge is 2.36. The Morgan fingerprint density at radius 2 is 1.93 bits per heavy atom. The van der Waals surface area contributed by atoms with Crippen LogP contribution in [0.1, 0.15) is 24.2 Å². The van der Waals surface area contributed by atoms with Gasteiger partial charge in [0, 0.05) is 38.4 Å². The van der Waals surface area contributed by atoms with Crippen molar-refractivity contribution in [3.8, 4) is 5.75 Å². The summed E-state index contributed by atoms with van der Waals surface area (Å²) < 4.78 is 35.5. The molecule has 3 amide bonds. The summed E-state index contributed by atoms with van der Waals surface area (Å²) >= 11 is 0. The van der Waals surface area contributed by atoms with E-state index in [-0.39, 0.29) is 53.5 Å². The number of imidazole rings is 1. The van der Waals surface area contributed by atoms with Crippen LogP contribution >= 0.6 is 0 Å². The molecule has 214 valence electrons. The highest BCUT2D eigenvalue weighted by atomic mass is 32.2. The van der Waals surface area contributed by atoms with E-state index in [4.69, 9.17) is 4.74 Å². The van der Waals surface area contributed by atoms with Crippen LogP contribution in [0.4, 0.5) is 16.2 Å². The van der Waals surface area contributed by atoms with E-state index in [0.717, 1.165) is 4.31 Å². The first kappa shape index (κ1) is 29.1. The number of fused-ring (bicyclic) bond motifs is 1. The third-order valence-corrected chi connectivity index (χ3v) is 8.47. The number of para-hydroxylation sites is 2. The molecule has 2 aromatic carbocycles. The van der Waals surface area contributed by atoms with E-state index in [0.29, 0.717) is 5.69 Å². The Balaban J connectivity index is 1.69. The van der Waals surface area contributed by atoms with Crippen molar-refractivity contribution in [1.82, 2.24) is 18.8 Å². The van der Waals surface area contributed by atoms with Gasteiger partial charge >= 0.3 is 6.03 Å². The van der Waals surface area contributed by atoms with E-state index < -0.39 is 28.2 Å². The maximum Gasteiger partial charge on any atom is 0.323 e. The fraction of sp³-hybridized carbons (Fsp3) is 0.370. The zero-order valence-corrected chi connectivity index (χ0v) is 23.6. The predicted molar refractivity (Wildman–Crippen MR) is 150 cm³/mol. The van der Waals surface area contributed by atoms with E-state index in [1.807, 2.05) is 13.0 Å². The number of amides is 3. The summed E-state index contributed by atoms with van der Waals surface area (Å²) in [6, 6.07) is 12.6. The lowest BCUT2D eigenvalue weighted by Gasteiger charge is -2.38. The molecule has 13 heteroatoms. The Morgan fingerprint density at radius 3 is 2.58 bits per heavy atom. The number of hydrogen-bond acceptors (Lipinski definition) is 7. The van der Waals surface area contributed by atoms with Gasteiger partial charge in [0.15, 0.2) is 10.8 Å². The summed E-state index contributed by atoms with van der Waals surface area (Å²) in [5.74, 6) is -0.604. The van der Waals surface area contributed by atoms with Gasteiger partial charge in [-0.15, -0.1) is 0 Å². The second-order valence-corrected chi connectivity index (χ2v) is 11.9. The van der Waals surface area contributed by atoms with Crippen LogP contribution in [-0.4, -0.2) is 83.1 Å². The summed E-state index contributed by atoms with van der Waals surface area (Å²) in [6.07, 6.45) is 2.11. The third kappa shape index (κ3) is 6.27. The molecule has 40 heavy (non-hydrogen) atoms. The number of carbonyl (C=O) groups excluding carboxylic acids is 2. The maximum absolute atomic E-state index is 13.6. The quantitative estimate of drug-likeness (QED) is 0.377. The summed E-state index contributed by atoms with van der Waals surface area (Å²) in [5.41, 5.74) is 1.00. The SMILES string of the molecule is C[C@H](CO)N1C[C@H](C)[C@H](CN(C)S(=O)(=O)c2cn(C)cn2)Oc2c(NC(=O)Nc3ccccc3)cccc2C1=O. The number of nitrogens with zero attached hydrogens (tertiary/aromatic N) is 4. The Bertz CT molecular complexity index is 1460. The fourth-order valence-corrected chi connectivity index (χ4v) is 5.54. The molecule has 4 rings (SSSR count). The maximum atomic E-state index is 13.6. The molecular weight excluding hydrogens is 536 g/mol. The number of nitrogens with one attached hydrogen (secondary N) is 2. The zero-order chi connectivity index (χ0) is 29.0. The lowest BCUT2D eigenvalue weighted by atomic mass is 9.99. The van der Waals surface area contributed by atoms with Gasteiger partial charge in [-0.05, 0) is 31.2 Å². The molecule has 0 unspecified atom stereocenters. The number of aliphatic hydroxyl groups is 1. The van der Waals surface area contributed by atoms with Crippen LogP contribution in [0.2, 0.25) is 0 Å². The van der Waals surface area contributed by atoms with Crippen molar-refractivity contribution in [3.05, 3.63) is 66.6 Å². The summed E-state index contributed by atoms with van der Waals surface area (Å²) in [6.45, 7) is 3.48. The number of rotatable bonds is 8. The molecule has 12 nitrogen and oxygen atoms in total. The molecular formula is C27H34N6O6S. The molecule has 3 atom stereocenters. The van der Waals surface area contributed by atoms with Gasteiger partial charge in [-0.3, -0.25) is 4.79 Å². The number of urea groups is 1. The first-order valence-corrected chi connectivity index (χ1v) is 14.2. The van der Waals surface area contributed by atoms with Crippen molar-refractivity contribution in [2.45, 2.75) is 31.0 Å². The Morgan fingerprint density at radius 1 is 1.20 bits per heavy atom. The van der Waals surface area contributed by atoms with Crippen molar-refractivity contribution in [1.29, 1.82) is 0 Å². The van der Waals surface area contributed by atoms with Gasteiger partial charge in [0.2, 0.25) is 0 Å². The van der Waals surface area contributed by atoms with Crippen LogP contribution in [-0.2, 0) is 17.1 Å². The number of sulfonamides is 1. The summed E-state index contributed by atoms with van der Waals surface area (Å²) in [5, 5.41) is 15.3. The van der Waals surface area contributed by atoms with Crippen LogP contribution in [0.25, 0.3) is 0 Å². The van der Waals surface area contributed by atoms with E-state index in [1.165, 1.54) is 19.6 Å². The molecule has 0 saturated heterocycles. The first-order valence-electron chi connectivity index (χ1n) is 12.8. The largest absolute Gasteiger partial charge is 0.486 e. The molecule has 3 N–H and O–H groups in total. The van der Waals surface area contributed by atoms with Gasteiger partial charge in [-0.25, -0.2) is 18.2 Å². The minimum absolute atomic E-state index is 0.0560. The molecule has 0 spiro atoms. The highest BCUT2D eigenvalue weighted by molar-refractivity contribution is 7.89. The number of hydrogen-bond donors (Lipinski definition) is 3.